The molecule has 3 aromatic carbocycles. The minimum Gasteiger partial charge on any atom is -0.355 e. The third-order valence-corrected chi connectivity index (χ3v) is 5.90. The van der Waals surface area contributed by atoms with Gasteiger partial charge < -0.3 is 4.98 Å². The van der Waals surface area contributed by atoms with Crippen LogP contribution in [0.3, 0.4) is 0 Å². The van der Waals surface area contributed by atoms with E-state index in [0.29, 0.717) is 10.6 Å². The quantitative estimate of drug-likeness (QED) is 0.540. The van der Waals surface area contributed by atoms with Crippen LogP contribution in [0.1, 0.15) is 5.56 Å². The Balaban J connectivity index is 1.61. The molecule has 4 rings (SSSR count). The summed E-state index contributed by atoms with van der Waals surface area (Å²) in [5, 5.41) is 1.15. The van der Waals surface area contributed by atoms with E-state index in [1.54, 1.807) is 37.3 Å². The molecule has 1 aromatic heterocycles. The highest BCUT2D eigenvalue weighted by atomic mass is 32.2. The average molecular weight is 362 g/mol. The predicted octanol–water partition coefficient (Wildman–Crippen LogP) is 4.94. The molecule has 2 N–H and O–H groups in total. The van der Waals surface area contributed by atoms with Crippen LogP contribution in [0.25, 0.3) is 22.2 Å². The first-order valence-corrected chi connectivity index (χ1v) is 9.78. The number of nitrogens with one attached hydrogen (secondary N) is 2. The molecule has 0 bridgehead atoms. The molecule has 0 aliphatic rings. The van der Waals surface area contributed by atoms with Crippen LogP contribution in [-0.2, 0) is 10.0 Å². The van der Waals surface area contributed by atoms with E-state index >= 15 is 0 Å². The van der Waals surface area contributed by atoms with Gasteiger partial charge in [-0.15, -0.1) is 0 Å². The molecule has 4 aromatic rings. The van der Waals surface area contributed by atoms with E-state index < -0.39 is 10.0 Å². The Bertz CT molecular complexity index is 1140. The van der Waals surface area contributed by atoms with Crippen molar-refractivity contribution in [2.24, 2.45) is 0 Å². The van der Waals surface area contributed by atoms with Gasteiger partial charge in [-0.2, -0.15) is 0 Å². The predicted molar refractivity (Wildman–Crippen MR) is 106 cm³/mol. The molecule has 130 valence electrons. The minimum atomic E-state index is -3.60. The number of fused-ring (bicyclic) bond motifs is 1. The average Bonchev–Trinajstić information content (AvgIpc) is 3.06. The van der Waals surface area contributed by atoms with Crippen LogP contribution in [0, 0.1) is 6.92 Å². The molecule has 0 radical (unpaired) electrons. The van der Waals surface area contributed by atoms with Crippen LogP contribution in [0.15, 0.2) is 83.8 Å². The van der Waals surface area contributed by atoms with E-state index in [0.717, 1.165) is 27.7 Å². The van der Waals surface area contributed by atoms with E-state index in [1.807, 2.05) is 36.4 Å². The van der Waals surface area contributed by atoms with Gasteiger partial charge in [-0.1, -0.05) is 48.5 Å². The summed E-state index contributed by atoms with van der Waals surface area (Å²) in [5.41, 5.74) is 4.33. The Labute approximate surface area is 152 Å². The summed E-state index contributed by atoms with van der Waals surface area (Å²) in [5.74, 6) is 0. The summed E-state index contributed by atoms with van der Waals surface area (Å²) in [4.78, 5) is 3.67. The standard InChI is InChI=1S/C21H18N2O2S/c1-15-6-2-5-9-21(15)26(24,25)23-18-12-10-16(11-13-18)20-14-17-7-3-4-8-19(17)22-20/h2-14,22-23H,1H3. The SMILES string of the molecule is Cc1ccccc1S(=O)(=O)Nc1ccc(-c2cc3ccccc3[nH]2)cc1. The number of sulfonamides is 1. The molecule has 0 aliphatic carbocycles. The number of hydrogen-bond acceptors (Lipinski definition) is 2. The smallest absolute Gasteiger partial charge is 0.262 e. The Morgan fingerprint density at radius 2 is 1.54 bits per heavy atom. The Kier molecular flexibility index (Phi) is 4.01. The zero-order valence-corrected chi connectivity index (χ0v) is 15.0. The lowest BCUT2D eigenvalue weighted by molar-refractivity contribution is 0.600. The molecule has 5 heteroatoms. The van der Waals surface area contributed by atoms with Crippen LogP contribution in [-0.4, -0.2) is 13.4 Å². The van der Waals surface area contributed by atoms with Crippen LogP contribution >= 0.6 is 0 Å². The van der Waals surface area contributed by atoms with Crippen molar-refractivity contribution in [1.82, 2.24) is 4.98 Å². The van der Waals surface area contributed by atoms with Crippen molar-refractivity contribution in [2.45, 2.75) is 11.8 Å². The van der Waals surface area contributed by atoms with Gasteiger partial charge in [-0.3, -0.25) is 4.72 Å². The number of H-pyrrole nitrogens is 1. The number of para-hydroxylation sites is 1. The molecule has 0 unspecified atom stereocenters. The molecular weight excluding hydrogens is 344 g/mol. The molecular formula is C21H18N2O2S. The Hall–Kier alpha value is -3.05. The highest BCUT2D eigenvalue weighted by Crippen LogP contribution is 2.26. The molecule has 0 fully saturated rings. The molecule has 0 amide bonds. The number of anilines is 1. The van der Waals surface area contributed by atoms with Gasteiger partial charge in [0.2, 0.25) is 0 Å². The zero-order valence-electron chi connectivity index (χ0n) is 14.2. The highest BCUT2D eigenvalue weighted by molar-refractivity contribution is 7.92. The van der Waals surface area contributed by atoms with Crippen molar-refractivity contribution in [3.8, 4) is 11.3 Å². The van der Waals surface area contributed by atoms with Crippen molar-refractivity contribution in [3.63, 3.8) is 0 Å². The number of aromatic nitrogens is 1. The topological polar surface area (TPSA) is 62.0 Å². The largest absolute Gasteiger partial charge is 0.355 e. The monoisotopic (exact) mass is 362 g/mol. The summed E-state index contributed by atoms with van der Waals surface area (Å²) in [6, 6.07) is 24.5. The molecule has 0 atom stereocenters. The van der Waals surface area contributed by atoms with Crippen molar-refractivity contribution >= 4 is 26.6 Å². The van der Waals surface area contributed by atoms with E-state index in [-0.39, 0.29) is 0 Å². The van der Waals surface area contributed by atoms with Gasteiger partial charge in [-0.05, 0) is 48.4 Å². The van der Waals surface area contributed by atoms with Gasteiger partial charge in [0.05, 0.1) is 4.90 Å². The molecule has 0 aliphatic heterocycles. The van der Waals surface area contributed by atoms with Gasteiger partial charge in [0.25, 0.3) is 10.0 Å². The third kappa shape index (κ3) is 3.09. The maximum Gasteiger partial charge on any atom is 0.262 e. The van der Waals surface area contributed by atoms with Crippen LogP contribution in [0.4, 0.5) is 5.69 Å². The molecule has 4 nitrogen and oxygen atoms in total. The minimum absolute atomic E-state index is 0.291. The van der Waals surface area contributed by atoms with E-state index in [4.69, 9.17) is 0 Å². The first-order chi connectivity index (χ1) is 12.5. The second-order valence-corrected chi connectivity index (χ2v) is 7.87. The lowest BCUT2D eigenvalue weighted by atomic mass is 10.1. The highest BCUT2D eigenvalue weighted by Gasteiger charge is 2.16. The molecule has 0 saturated carbocycles. The number of aromatic amines is 1. The molecule has 1 heterocycles. The summed E-state index contributed by atoms with van der Waals surface area (Å²) in [6.07, 6.45) is 0. The first-order valence-electron chi connectivity index (χ1n) is 8.29. The van der Waals surface area contributed by atoms with Crippen molar-refractivity contribution in [3.05, 3.63) is 84.4 Å². The third-order valence-electron chi connectivity index (χ3n) is 4.36. The lowest BCUT2D eigenvalue weighted by Crippen LogP contribution is -2.14. The molecule has 0 saturated heterocycles. The fourth-order valence-electron chi connectivity index (χ4n) is 3.01. The normalized spacial score (nSPS) is 11.6. The second-order valence-electron chi connectivity index (χ2n) is 6.22. The van der Waals surface area contributed by atoms with Crippen LogP contribution in [0.2, 0.25) is 0 Å². The fraction of sp³-hybridized carbons (Fsp3) is 0.0476. The van der Waals surface area contributed by atoms with Crippen molar-refractivity contribution < 1.29 is 8.42 Å². The number of rotatable bonds is 4. The van der Waals surface area contributed by atoms with Crippen LogP contribution in [0.5, 0.6) is 0 Å². The number of hydrogen-bond donors (Lipinski definition) is 2. The summed E-state index contributed by atoms with van der Waals surface area (Å²) < 4.78 is 27.8. The second kappa shape index (κ2) is 6.35. The fourth-order valence-corrected chi connectivity index (χ4v) is 4.32. The Morgan fingerprint density at radius 3 is 2.27 bits per heavy atom. The lowest BCUT2D eigenvalue weighted by Gasteiger charge is -2.10. The Morgan fingerprint density at radius 1 is 0.846 bits per heavy atom. The summed E-state index contributed by atoms with van der Waals surface area (Å²) >= 11 is 0. The van der Waals surface area contributed by atoms with Gasteiger partial charge >= 0.3 is 0 Å². The molecule has 26 heavy (non-hydrogen) atoms. The molecule has 0 spiro atoms. The van der Waals surface area contributed by atoms with E-state index in [1.165, 1.54) is 0 Å². The van der Waals surface area contributed by atoms with Gasteiger partial charge in [0, 0.05) is 22.3 Å². The number of aryl methyl sites for hydroxylation is 1. The van der Waals surface area contributed by atoms with Crippen molar-refractivity contribution in [1.29, 1.82) is 0 Å². The van der Waals surface area contributed by atoms with Gasteiger partial charge in [-0.25, -0.2) is 8.42 Å². The summed E-state index contributed by atoms with van der Waals surface area (Å²) in [7, 11) is -3.60. The van der Waals surface area contributed by atoms with Gasteiger partial charge in [0.15, 0.2) is 0 Å². The van der Waals surface area contributed by atoms with Crippen molar-refractivity contribution in [2.75, 3.05) is 4.72 Å². The zero-order chi connectivity index (χ0) is 18.1. The van der Waals surface area contributed by atoms with E-state index in [9.17, 15) is 8.42 Å². The number of benzene rings is 3. The van der Waals surface area contributed by atoms with Crippen LogP contribution < -0.4 is 4.72 Å². The maximum atomic E-state index is 12.6. The van der Waals surface area contributed by atoms with E-state index in [2.05, 4.69) is 21.8 Å². The first kappa shape index (κ1) is 16.4. The summed E-state index contributed by atoms with van der Waals surface area (Å²) in [6.45, 7) is 1.79. The van der Waals surface area contributed by atoms with Gasteiger partial charge in [0.1, 0.15) is 0 Å². The maximum absolute atomic E-state index is 12.6.